The molecule has 1 heterocycles. The number of anilines is 1. The highest BCUT2D eigenvalue weighted by atomic mass is 35.5. The fourth-order valence-corrected chi connectivity index (χ4v) is 2.62. The molecular formula is C18H13ClFN3O2. The van der Waals surface area contributed by atoms with Crippen LogP contribution in [0.2, 0.25) is 5.02 Å². The lowest BCUT2D eigenvalue weighted by molar-refractivity contribution is 0.102. The molecule has 0 spiro atoms. The Hall–Kier alpha value is -2.73. The van der Waals surface area contributed by atoms with E-state index >= 15 is 0 Å². The van der Waals surface area contributed by atoms with E-state index in [2.05, 4.69) is 15.5 Å². The number of halogens is 2. The second-order valence-corrected chi connectivity index (χ2v) is 6.29. The Bertz CT molecular complexity index is 936. The molecule has 25 heavy (non-hydrogen) atoms. The van der Waals surface area contributed by atoms with E-state index in [-0.39, 0.29) is 10.9 Å². The van der Waals surface area contributed by atoms with Crippen molar-refractivity contribution < 1.29 is 13.7 Å². The van der Waals surface area contributed by atoms with E-state index in [9.17, 15) is 9.18 Å². The summed E-state index contributed by atoms with van der Waals surface area (Å²) in [5, 5.41) is 6.77. The van der Waals surface area contributed by atoms with Crippen LogP contribution in [0.5, 0.6) is 0 Å². The molecule has 0 saturated heterocycles. The summed E-state index contributed by atoms with van der Waals surface area (Å²) in [4.78, 5) is 16.7. The van der Waals surface area contributed by atoms with Gasteiger partial charge >= 0.3 is 0 Å². The zero-order valence-corrected chi connectivity index (χ0v) is 13.8. The number of benzene rings is 2. The van der Waals surface area contributed by atoms with Gasteiger partial charge in [0.25, 0.3) is 5.91 Å². The summed E-state index contributed by atoms with van der Waals surface area (Å²) in [5.74, 6) is 0.773. The molecule has 126 valence electrons. The van der Waals surface area contributed by atoms with Crippen molar-refractivity contribution in [3.8, 4) is 11.4 Å². The number of carbonyl (C=O) groups is 1. The molecule has 1 aliphatic carbocycles. The largest absolute Gasteiger partial charge is 0.339 e. The lowest BCUT2D eigenvalue weighted by atomic mass is 10.1. The number of aromatic nitrogens is 2. The van der Waals surface area contributed by atoms with Gasteiger partial charge in [0.1, 0.15) is 5.82 Å². The molecule has 0 radical (unpaired) electrons. The number of hydrogen-bond donors (Lipinski definition) is 1. The van der Waals surface area contributed by atoms with Gasteiger partial charge in [0, 0.05) is 17.0 Å². The van der Waals surface area contributed by atoms with Crippen LogP contribution in [0, 0.1) is 5.82 Å². The molecule has 1 fully saturated rings. The fraction of sp³-hybridized carbons (Fsp3) is 0.167. The highest BCUT2D eigenvalue weighted by Crippen LogP contribution is 2.39. The number of amides is 1. The molecular weight excluding hydrogens is 345 g/mol. The minimum atomic E-state index is -0.460. The minimum Gasteiger partial charge on any atom is -0.339 e. The van der Waals surface area contributed by atoms with Gasteiger partial charge in [0.2, 0.25) is 11.7 Å². The first-order valence-corrected chi connectivity index (χ1v) is 8.18. The molecule has 0 atom stereocenters. The lowest BCUT2D eigenvalue weighted by Gasteiger charge is -2.07. The van der Waals surface area contributed by atoms with Crippen molar-refractivity contribution in [2.45, 2.75) is 18.8 Å². The maximum Gasteiger partial charge on any atom is 0.255 e. The monoisotopic (exact) mass is 357 g/mol. The smallest absolute Gasteiger partial charge is 0.255 e. The van der Waals surface area contributed by atoms with Crippen molar-refractivity contribution in [2.75, 3.05) is 5.32 Å². The summed E-state index contributed by atoms with van der Waals surface area (Å²) >= 11 is 5.92. The zero-order chi connectivity index (χ0) is 17.4. The Labute approximate surface area is 147 Å². The van der Waals surface area contributed by atoms with Gasteiger partial charge in [0.05, 0.1) is 10.7 Å². The van der Waals surface area contributed by atoms with Crippen LogP contribution in [0.15, 0.2) is 47.0 Å². The van der Waals surface area contributed by atoms with Crippen LogP contribution in [-0.4, -0.2) is 16.0 Å². The van der Waals surface area contributed by atoms with Gasteiger partial charge in [-0.1, -0.05) is 28.9 Å². The Kier molecular flexibility index (Phi) is 3.97. The molecule has 5 nitrogen and oxygen atoms in total. The summed E-state index contributed by atoms with van der Waals surface area (Å²) < 4.78 is 18.3. The maximum absolute atomic E-state index is 13.1. The van der Waals surface area contributed by atoms with E-state index in [0.717, 1.165) is 24.5 Å². The molecule has 1 amide bonds. The Morgan fingerprint density at radius 2 is 1.96 bits per heavy atom. The van der Waals surface area contributed by atoms with E-state index in [4.69, 9.17) is 16.1 Å². The van der Waals surface area contributed by atoms with E-state index in [1.54, 1.807) is 24.3 Å². The molecule has 3 aromatic rings. The molecule has 0 bridgehead atoms. The first-order valence-electron chi connectivity index (χ1n) is 7.80. The SMILES string of the molecule is O=C(Nc1ccc(F)cc1Cl)c1ccc(-c2noc(C3CC3)n2)cc1. The van der Waals surface area contributed by atoms with Crippen molar-refractivity contribution in [3.05, 3.63) is 64.8 Å². The van der Waals surface area contributed by atoms with E-state index in [1.165, 1.54) is 12.1 Å². The van der Waals surface area contributed by atoms with Crippen molar-refractivity contribution >= 4 is 23.2 Å². The van der Waals surface area contributed by atoms with Crippen LogP contribution in [0.3, 0.4) is 0 Å². The molecule has 0 aliphatic heterocycles. The third-order valence-electron chi connectivity index (χ3n) is 3.95. The molecule has 0 unspecified atom stereocenters. The average molecular weight is 358 g/mol. The van der Waals surface area contributed by atoms with Gasteiger partial charge in [-0.25, -0.2) is 4.39 Å². The van der Waals surface area contributed by atoms with Crippen LogP contribution >= 0.6 is 11.6 Å². The Morgan fingerprint density at radius 3 is 2.64 bits per heavy atom. The Morgan fingerprint density at radius 1 is 1.20 bits per heavy atom. The lowest BCUT2D eigenvalue weighted by Crippen LogP contribution is -2.12. The summed E-state index contributed by atoms with van der Waals surface area (Å²) in [6.07, 6.45) is 2.18. The van der Waals surface area contributed by atoms with Gasteiger partial charge in [-0.2, -0.15) is 4.98 Å². The van der Waals surface area contributed by atoms with Gasteiger partial charge in [-0.15, -0.1) is 0 Å². The minimum absolute atomic E-state index is 0.143. The molecule has 1 N–H and O–H groups in total. The summed E-state index contributed by atoms with van der Waals surface area (Å²) in [6, 6.07) is 10.6. The molecule has 1 saturated carbocycles. The molecule has 2 aromatic carbocycles. The number of nitrogens with zero attached hydrogens (tertiary/aromatic N) is 2. The normalized spacial score (nSPS) is 13.7. The number of carbonyl (C=O) groups excluding carboxylic acids is 1. The van der Waals surface area contributed by atoms with Crippen LogP contribution in [0.25, 0.3) is 11.4 Å². The van der Waals surface area contributed by atoms with Gasteiger partial charge in [-0.05, 0) is 43.2 Å². The molecule has 4 rings (SSSR count). The highest BCUT2D eigenvalue weighted by molar-refractivity contribution is 6.33. The quantitative estimate of drug-likeness (QED) is 0.737. The molecule has 7 heteroatoms. The Balaban J connectivity index is 1.49. The van der Waals surface area contributed by atoms with Gasteiger partial charge < -0.3 is 9.84 Å². The number of rotatable bonds is 4. The van der Waals surface area contributed by atoms with Crippen LogP contribution < -0.4 is 5.32 Å². The maximum atomic E-state index is 13.1. The first kappa shape index (κ1) is 15.8. The van der Waals surface area contributed by atoms with Crippen LogP contribution in [0.1, 0.15) is 35.0 Å². The summed E-state index contributed by atoms with van der Waals surface area (Å²) in [7, 11) is 0. The van der Waals surface area contributed by atoms with Crippen molar-refractivity contribution in [1.82, 2.24) is 10.1 Å². The predicted octanol–water partition coefficient (Wildman–Crippen LogP) is 4.66. The topological polar surface area (TPSA) is 68.0 Å². The van der Waals surface area contributed by atoms with Crippen molar-refractivity contribution in [2.24, 2.45) is 0 Å². The fourth-order valence-electron chi connectivity index (χ4n) is 2.40. The first-order chi connectivity index (χ1) is 12.1. The highest BCUT2D eigenvalue weighted by Gasteiger charge is 2.29. The third kappa shape index (κ3) is 3.39. The van der Waals surface area contributed by atoms with Gasteiger partial charge in [0.15, 0.2) is 0 Å². The van der Waals surface area contributed by atoms with E-state index < -0.39 is 5.82 Å². The second-order valence-electron chi connectivity index (χ2n) is 5.89. The van der Waals surface area contributed by atoms with E-state index in [1.807, 2.05) is 0 Å². The van der Waals surface area contributed by atoms with Crippen LogP contribution in [-0.2, 0) is 0 Å². The molecule has 1 aliphatic rings. The van der Waals surface area contributed by atoms with E-state index in [0.29, 0.717) is 28.9 Å². The zero-order valence-electron chi connectivity index (χ0n) is 13.0. The van der Waals surface area contributed by atoms with Crippen molar-refractivity contribution in [3.63, 3.8) is 0 Å². The second kappa shape index (κ2) is 6.29. The average Bonchev–Trinajstić information content (AvgIpc) is 3.34. The predicted molar refractivity (Wildman–Crippen MR) is 91.1 cm³/mol. The number of nitrogens with one attached hydrogen (secondary N) is 1. The summed E-state index contributed by atoms with van der Waals surface area (Å²) in [5.41, 5.74) is 1.56. The van der Waals surface area contributed by atoms with Gasteiger partial charge in [-0.3, -0.25) is 4.79 Å². The third-order valence-corrected chi connectivity index (χ3v) is 4.27. The standard InChI is InChI=1S/C18H13ClFN3O2/c19-14-9-13(20)7-8-15(14)21-17(24)11-3-1-10(2-4-11)16-22-18(25-23-16)12-5-6-12/h1-4,7-9,12H,5-6H2,(H,21,24). The van der Waals surface area contributed by atoms with Crippen LogP contribution in [0.4, 0.5) is 10.1 Å². The summed E-state index contributed by atoms with van der Waals surface area (Å²) in [6.45, 7) is 0. The number of hydrogen-bond acceptors (Lipinski definition) is 4. The van der Waals surface area contributed by atoms with Crippen molar-refractivity contribution in [1.29, 1.82) is 0 Å². The molecule has 1 aromatic heterocycles.